The number of rotatable bonds is 6. The number of hydrogen-bond donors (Lipinski definition) is 0. The van der Waals surface area contributed by atoms with Gasteiger partial charge in [-0.2, -0.15) is 0 Å². The molecule has 1 aromatic carbocycles. The Kier molecular flexibility index (Phi) is 5.36. The van der Waals surface area contributed by atoms with Crippen molar-refractivity contribution in [3.8, 4) is 0 Å². The second-order valence-corrected chi connectivity index (χ2v) is 7.82. The SMILES string of the molecule is CC(C)CCn1c(SCc2ccccc2)nc2c1c(=O)n(C)c(=O)n2C. The van der Waals surface area contributed by atoms with Gasteiger partial charge in [0.2, 0.25) is 0 Å². The van der Waals surface area contributed by atoms with E-state index in [4.69, 9.17) is 0 Å². The van der Waals surface area contributed by atoms with E-state index in [1.165, 1.54) is 17.2 Å². The van der Waals surface area contributed by atoms with E-state index in [1.54, 1.807) is 18.8 Å². The van der Waals surface area contributed by atoms with Gasteiger partial charge in [-0.05, 0) is 17.9 Å². The summed E-state index contributed by atoms with van der Waals surface area (Å²) in [6.07, 6.45) is 0.941. The largest absolute Gasteiger partial charge is 0.332 e. The Labute approximate surface area is 156 Å². The molecular formula is C19H24N4O2S. The summed E-state index contributed by atoms with van der Waals surface area (Å²) >= 11 is 1.60. The summed E-state index contributed by atoms with van der Waals surface area (Å²) in [4.78, 5) is 29.6. The lowest BCUT2D eigenvalue weighted by molar-refractivity contribution is 0.502. The minimum Gasteiger partial charge on any atom is -0.313 e. The molecule has 2 aromatic heterocycles. The Morgan fingerprint density at radius 3 is 2.42 bits per heavy atom. The number of benzene rings is 1. The fourth-order valence-electron chi connectivity index (χ4n) is 2.85. The molecule has 0 aliphatic heterocycles. The topological polar surface area (TPSA) is 61.8 Å². The summed E-state index contributed by atoms with van der Waals surface area (Å²) in [5, 5.41) is 0.780. The molecule has 0 saturated carbocycles. The lowest BCUT2D eigenvalue weighted by atomic mass is 10.1. The molecule has 0 aliphatic carbocycles. The molecule has 7 heteroatoms. The molecule has 6 nitrogen and oxygen atoms in total. The fraction of sp³-hybridized carbons (Fsp3) is 0.421. The summed E-state index contributed by atoms with van der Waals surface area (Å²) in [6, 6.07) is 10.2. The van der Waals surface area contributed by atoms with E-state index < -0.39 is 0 Å². The smallest absolute Gasteiger partial charge is 0.313 e. The molecule has 0 unspecified atom stereocenters. The zero-order chi connectivity index (χ0) is 18.8. The number of aryl methyl sites for hydroxylation is 2. The zero-order valence-corrected chi connectivity index (χ0v) is 16.4. The van der Waals surface area contributed by atoms with Gasteiger partial charge in [-0.1, -0.05) is 55.9 Å². The van der Waals surface area contributed by atoms with Crippen molar-refractivity contribution >= 4 is 22.9 Å². The number of imidazole rings is 1. The lowest BCUT2D eigenvalue weighted by Crippen LogP contribution is -2.37. The first-order valence-corrected chi connectivity index (χ1v) is 9.71. The highest BCUT2D eigenvalue weighted by Crippen LogP contribution is 2.25. The molecule has 0 bridgehead atoms. The van der Waals surface area contributed by atoms with Crippen molar-refractivity contribution in [2.45, 2.75) is 37.7 Å². The van der Waals surface area contributed by atoms with Crippen LogP contribution in [0.4, 0.5) is 0 Å². The Morgan fingerprint density at radius 2 is 1.77 bits per heavy atom. The maximum atomic E-state index is 12.7. The average molecular weight is 372 g/mol. The van der Waals surface area contributed by atoms with Gasteiger partial charge in [-0.3, -0.25) is 13.9 Å². The zero-order valence-electron chi connectivity index (χ0n) is 15.6. The van der Waals surface area contributed by atoms with Crippen LogP contribution in [0.2, 0.25) is 0 Å². The van der Waals surface area contributed by atoms with Crippen molar-refractivity contribution < 1.29 is 0 Å². The van der Waals surface area contributed by atoms with Crippen LogP contribution in [-0.2, 0) is 26.4 Å². The summed E-state index contributed by atoms with van der Waals surface area (Å²) in [5.74, 6) is 1.27. The van der Waals surface area contributed by atoms with E-state index >= 15 is 0 Å². The maximum absolute atomic E-state index is 12.7. The molecule has 2 heterocycles. The van der Waals surface area contributed by atoms with Crippen LogP contribution in [0.25, 0.3) is 11.2 Å². The molecular weight excluding hydrogens is 348 g/mol. The van der Waals surface area contributed by atoms with Crippen molar-refractivity contribution in [3.63, 3.8) is 0 Å². The molecule has 0 spiro atoms. The molecule has 0 fully saturated rings. The van der Waals surface area contributed by atoms with Crippen LogP contribution >= 0.6 is 11.8 Å². The van der Waals surface area contributed by atoms with Crippen molar-refractivity contribution in [2.24, 2.45) is 20.0 Å². The minimum absolute atomic E-state index is 0.286. The van der Waals surface area contributed by atoms with Gasteiger partial charge in [0.05, 0.1) is 0 Å². The summed E-state index contributed by atoms with van der Waals surface area (Å²) < 4.78 is 4.58. The number of thioether (sulfide) groups is 1. The molecule has 26 heavy (non-hydrogen) atoms. The van der Waals surface area contributed by atoms with Gasteiger partial charge in [0, 0.05) is 26.4 Å². The number of aromatic nitrogens is 4. The molecule has 0 amide bonds. The first-order chi connectivity index (χ1) is 12.4. The van der Waals surface area contributed by atoms with Gasteiger partial charge < -0.3 is 4.57 Å². The molecule has 0 N–H and O–H groups in total. The summed E-state index contributed by atoms with van der Waals surface area (Å²) in [6.45, 7) is 5.02. The summed E-state index contributed by atoms with van der Waals surface area (Å²) in [7, 11) is 3.18. The van der Waals surface area contributed by atoms with Gasteiger partial charge in [0.1, 0.15) is 0 Å². The van der Waals surface area contributed by atoms with Crippen molar-refractivity contribution in [1.82, 2.24) is 18.7 Å². The molecule has 0 aliphatic rings. The Bertz CT molecular complexity index is 1030. The highest BCUT2D eigenvalue weighted by molar-refractivity contribution is 7.98. The van der Waals surface area contributed by atoms with Crippen molar-refractivity contribution in [3.05, 3.63) is 56.7 Å². The molecule has 0 saturated heterocycles. The molecule has 0 radical (unpaired) electrons. The number of fused-ring (bicyclic) bond motifs is 1. The van der Waals surface area contributed by atoms with E-state index in [0.29, 0.717) is 23.6 Å². The van der Waals surface area contributed by atoms with Gasteiger partial charge in [0.25, 0.3) is 5.56 Å². The third-order valence-corrected chi connectivity index (χ3v) is 5.50. The third kappa shape index (κ3) is 3.49. The van der Waals surface area contributed by atoms with Crippen LogP contribution in [0.1, 0.15) is 25.8 Å². The summed E-state index contributed by atoms with van der Waals surface area (Å²) in [5.41, 5.74) is 1.52. The first kappa shape index (κ1) is 18.5. The standard InChI is InChI=1S/C19H24N4O2S/c1-13(2)10-11-23-15-16(21(3)19(25)22(4)17(15)24)20-18(23)26-12-14-8-6-5-7-9-14/h5-9,13H,10-12H2,1-4H3. The Morgan fingerprint density at radius 1 is 1.08 bits per heavy atom. The molecule has 0 atom stereocenters. The van der Waals surface area contributed by atoms with E-state index in [9.17, 15) is 9.59 Å². The van der Waals surface area contributed by atoms with Gasteiger partial charge in [-0.25, -0.2) is 9.78 Å². The van der Waals surface area contributed by atoms with Crippen LogP contribution in [0, 0.1) is 5.92 Å². The normalized spacial score (nSPS) is 11.6. The number of nitrogens with zero attached hydrogens (tertiary/aromatic N) is 4. The van der Waals surface area contributed by atoms with Gasteiger partial charge >= 0.3 is 5.69 Å². The Hall–Kier alpha value is -2.28. The van der Waals surface area contributed by atoms with Crippen LogP contribution < -0.4 is 11.2 Å². The number of hydrogen-bond acceptors (Lipinski definition) is 4. The van der Waals surface area contributed by atoms with E-state index in [-0.39, 0.29) is 11.2 Å². The second kappa shape index (κ2) is 7.53. The highest BCUT2D eigenvalue weighted by Gasteiger charge is 2.19. The fourth-order valence-corrected chi connectivity index (χ4v) is 3.83. The second-order valence-electron chi connectivity index (χ2n) is 6.88. The van der Waals surface area contributed by atoms with Gasteiger partial charge in [-0.15, -0.1) is 0 Å². The first-order valence-electron chi connectivity index (χ1n) is 8.73. The minimum atomic E-state index is -0.351. The van der Waals surface area contributed by atoms with Crippen molar-refractivity contribution in [1.29, 1.82) is 0 Å². The lowest BCUT2D eigenvalue weighted by Gasteiger charge is -2.11. The predicted molar refractivity (Wildman–Crippen MR) is 106 cm³/mol. The average Bonchev–Trinajstić information content (AvgIpc) is 3.00. The van der Waals surface area contributed by atoms with Crippen LogP contribution in [0.5, 0.6) is 0 Å². The van der Waals surface area contributed by atoms with Gasteiger partial charge in [0.15, 0.2) is 16.3 Å². The Balaban J connectivity index is 2.10. The predicted octanol–water partition coefficient (Wildman–Crippen LogP) is 2.77. The monoisotopic (exact) mass is 372 g/mol. The quantitative estimate of drug-likeness (QED) is 0.624. The molecule has 3 rings (SSSR count). The molecule has 138 valence electrons. The van der Waals surface area contributed by atoms with E-state index in [1.807, 2.05) is 22.8 Å². The van der Waals surface area contributed by atoms with Crippen LogP contribution in [-0.4, -0.2) is 18.7 Å². The van der Waals surface area contributed by atoms with E-state index in [0.717, 1.165) is 21.9 Å². The highest BCUT2D eigenvalue weighted by atomic mass is 32.2. The third-order valence-electron chi connectivity index (χ3n) is 4.45. The molecule has 3 aromatic rings. The van der Waals surface area contributed by atoms with Crippen molar-refractivity contribution in [2.75, 3.05) is 0 Å². The van der Waals surface area contributed by atoms with E-state index in [2.05, 4.69) is 31.0 Å². The maximum Gasteiger partial charge on any atom is 0.332 e. The van der Waals surface area contributed by atoms with Crippen LogP contribution in [0.3, 0.4) is 0 Å². The van der Waals surface area contributed by atoms with Crippen LogP contribution in [0.15, 0.2) is 45.1 Å².